The smallest absolute Gasteiger partial charge is 0.331 e. The molecule has 110 valence electrons. The van der Waals surface area contributed by atoms with E-state index in [1.165, 1.54) is 23.1 Å². The zero-order valence-electron chi connectivity index (χ0n) is 11.4. The van der Waals surface area contributed by atoms with Gasteiger partial charge in [0, 0.05) is 9.77 Å². The lowest BCUT2D eigenvalue weighted by molar-refractivity contribution is -0.141. The van der Waals surface area contributed by atoms with E-state index in [1.807, 2.05) is 31.2 Å². The Balaban J connectivity index is 1.94. The van der Waals surface area contributed by atoms with Crippen LogP contribution in [0.1, 0.15) is 16.5 Å². The molecule has 1 heterocycles. The van der Waals surface area contributed by atoms with E-state index in [4.69, 9.17) is 0 Å². The predicted octanol–water partition coefficient (Wildman–Crippen LogP) is 3.09. The van der Waals surface area contributed by atoms with E-state index in [1.54, 1.807) is 17.5 Å². The van der Waals surface area contributed by atoms with Crippen molar-refractivity contribution in [2.24, 2.45) is 0 Å². The van der Waals surface area contributed by atoms with Crippen molar-refractivity contribution in [3.8, 4) is 0 Å². The molecule has 0 saturated carbocycles. The first-order valence-electron chi connectivity index (χ1n) is 6.32. The van der Waals surface area contributed by atoms with Crippen molar-refractivity contribution in [3.63, 3.8) is 0 Å². The van der Waals surface area contributed by atoms with Gasteiger partial charge in [0.1, 0.15) is 0 Å². The van der Waals surface area contributed by atoms with Crippen molar-refractivity contribution < 1.29 is 14.7 Å². The number of aliphatic carboxylic acids is 1. The van der Waals surface area contributed by atoms with E-state index in [0.717, 1.165) is 10.5 Å². The van der Waals surface area contributed by atoms with Crippen molar-refractivity contribution in [1.29, 1.82) is 0 Å². The average Bonchev–Trinajstić information content (AvgIpc) is 2.97. The highest BCUT2D eigenvalue weighted by molar-refractivity contribution is 8.00. The van der Waals surface area contributed by atoms with Gasteiger partial charge in [-0.1, -0.05) is 24.3 Å². The number of carboxylic acids is 1. The summed E-state index contributed by atoms with van der Waals surface area (Å²) >= 11 is 2.72. The fourth-order valence-corrected chi connectivity index (χ4v) is 3.38. The molecule has 0 aliphatic heterocycles. The number of thiophene rings is 1. The van der Waals surface area contributed by atoms with Gasteiger partial charge in [0.25, 0.3) is 0 Å². The molecule has 1 aromatic heterocycles. The maximum atomic E-state index is 11.9. The monoisotopic (exact) mass is 321 g/mol. The largest absolute Gasteiger partial charge is 0.479 e. The molecule has 6 heteroatoms. The van der Waals surface area contributed by atoms with Gasteiger partial charge in [-0.3, -0.25) is 4.79 Å². The number of amides is 1. The van der Waals surface area contributed by atoms with Crippen LogP contribution in [0.25, 0.3) is 0 Å². The molecule has 0 aliphatic carbocycles. The van der Waals surface area contributed by atoms with Gasteiger partial charge >= 0.3 is 5.97 Å². The van der Waals surface area contributed by atoms with Crippen LogP contribution >= 0.6 is 23.1 Å². The molecule has 1 unspecified atom stereocenters. The number of hydrogen-bond acceptors (Lipinski definition) is 4. The Morgan fingerprint density at radius 3 is 2.67 bits per heavy atom. The zero-order chi connectivity index (χ0) is 15.2. The number of aryl methyl sites for hydroxylation is 1. The van der Waals surface area contributed by atoms with E-state index in [2.05, 4.69) is 5.32 Å². The first-order valence-corrected chi connectivity index (χ1v) is 8.18. The first kappa shape index (κ1) is 15.6. The summed E-state index contributed by atoms with van der Waals surface area (Å²) < 4.78 is 0. The van der Waals surface area contributed by atoms with Crippen LogP contribution in [0.15, 0.2) is 46.7 Å². The van der Waals surface area contributed by atoms with Gasteiger partial charge in [0.05, 0.1) is 5.75 Å². The minimum atomic E-state index is -1.05. The van der Waals surface area contributed by atoms with E-state index in [-0.39, 0.29) is 11.7 Å². The quantitative estimate of drug-likeness (QED) is 0.802. The molecule has 1 amide bonds. The normalized spacial score (nSPS) is 11.9. The lowest BCUT2D eigenvalue weighted by Crippen LogP contribution is -2.34. The van der Waals surface area contributed by atoms with Crippen molar-refractivity contribution in [2.45, 2.75) is 17.9 Å². The van der Waals surface area contributed by atoms with Crippen LogP contribution in [-0.4, -0.2) is 22.7 Å². The molecule has 0 aliphatic rings. The Kier molecular flexibility index (Phi) is 5.41. The third-order valence-electron chi connectivity index (χ3n) is 2.83. The third kappa shape index (κ3) is 4.34. The Hall–Kier alpha value is -1.79. The number of benzene rings is 1. The van der Waals surface area contributed by atoms with Crippen molar-refractivity contribution >= 4 is 35.0 Å². The second kappa shape index (κ2) is 7.28. The molecule has 0 radical (unpaired) electrons. The fourth-order valence-electron chi connectivity index (χ4n) is 1.77. The van der Waals surface area contributed by atoms with Crippen LogP contribution in [0.4, 0.5) is 0 Å². The standard InChI is InChI=1S/C15H15NO3S2/c1-10-5-2-3-6-11(10)21-9-13(17)16-14(15(18)19)12-7-4-8-20-12/h2-8,14H,9H2,1H3,(H,16,17)(H,18,19). The first-order chi connectivity index (χ1) is 10.1. The maximum absolute atomic E-state index is 11.9. The number of carbonyl (C=O) groups excluding carboxylic acids is 1. The summed E-state index contributed by atoms with van der Waals surface area (Å²) in [7, 11) is 0. The fraction of sp³-hybridized carbons (Fsp3) is 0.200. The summed E-state index contributed by atoms with van der Waals surface area (Å²) in [5.74, 6) is -1.14. The van der Waals surface area contributed by atoms with Gasteiger partial charge in [-0.15, -0.1) is 23.1 Å². The van der Waals surface area contributed by atoms with Gasteiger partial charge in [-0.05, 0) is 30.0 Å². The molecule has 0 bridgehead atoms. The van der Waals surface area contributed by atoms with E-state index < -0.39 is 12.0 Å². The molecule has 0 saturated heterocycles. The van der Waals surface area contributed by atoms with Gasteiger partial charge in [-0.2, -0.15) is 0 Å². The number of rotatable bonds is 6. The van der Waals surface area contributed by atoms with E-state index in [0.29, 0.717) is 4.88 Å². The van der Waals surface area contributed by atoms with Crippen LogP contribution in [-0.2, 0) is 9.59 Å². The van der Waals surface area contributed by atoms with Crippen LogP contribution in [0.3, 0.4) is 0 Å². The highest BCUT2D eigenvalue weighted by Crippen LogP contribution is 2.23. The summed E-state index contributed by atoms with van der Waals surface area (Å²) in [6, 6.07) is 10.3. The predicted molar refractivity (Wildman–Crippen MR) is 84.7 cm³/mol. The maximum Gasteiger partial charge on any atom is 0.331 e. The molecule has 2 N–H and O–H groups in total. The number of carbonyl (C=O) groups is 2. The van der Waals surface area contributed by atoms with Gasteiger partial charge in [-0.25, -0.2) is 4.79 Å². The van der Waals surface area contributed by atoms with Crippen LogP contribution in [0.5, 0.6) is 0 Å². The minimum Gasteiger partial charge on any atom is -0.479 e. The highest BCUT2D eigenvalue weighted by atomic mass is 32.2. The van der Waals surface area contributed by atoms with Crippen LogP contribution < -0.4 is 5.32 Å². The second-order valence-corrected chi connectivity index (χ2v) is 6.40. The van der Waals surface area contributed by atoms with Crippen LogP contribution in [0, 0.1) is 6.92 Å². The highest BCUT2D eigenvalue weighted by Gasteiger charge is 2.22. The molecular weight excluding hydrogens is 306 g/mol. The lowest BCUT2D eigenvalue weighted by Gasteiger charge is -2.13. The summed E-state index contributed by atoms with van der Waals surface area (Å²) in [4.78, 5) is 24.8. The summed E-state index contributed by atoms with van der Waals surface area (Å²) in [5, 5.41) is 13.6. The van der Waals surface area contributed by atoms with Crippen LogP contribution in [0.2, 0.25) is 0 Å². The van der Waals surface area contributed by atoms with Crippen molar-refractivity contribution in [2.75, 3.05) is 5.75 Å². The Labute approximate surface area is 131 Å². The van der Waals surface area contributed by atoms with E-state index in [9.17, 15) is 14.7 Å². The molecule has 21 heavy (non-hydrogen) atoms. The zero-order valence-corrected chi connectivity index (χ0v) is 13.0. The summed E-state index contributed by atoms with van der Waals surface area (Å²) in [5.41, 5.74) is 1.10. The topological polar surface area (TPSA) is 66.4 Å². The van der Waals surface area contributed by atoms with E-state index >= 15 is 0 Å². The summed E-state index contributed by atoms with van der Waals surface area (Å²) in [6.07, 6.45) is 0. The molecular formula is C15H15NO3S2. The number of carboxylic acid groups (broad SMARTS) is 1. The molecule has 0 fully saturated rings. The molecule has 2 rings (SSSR count). The Morgan fingerprint density at radius 2 is 2.05 bits per heavy atom. The lowest BCUT2D eigenvalue weighted by atomic mass is 10.2. The Morgan fingerprint density at radius 1 is 1.29 bits per heavy atom. The molecule has 2 aromatic rings. The summed E-state index contributed by atoms with van der Waals surface area (Å²) in [6.45, 7) is 1.98. The molecule has 0 spiro atoms. The third-order valence-corrected chi connectivity index (χ3v) is 4.95. The SMILES string of the molecule is Cc1ccccc1SCC(=O)NC(C(=O)O)c1cccs1. The minimum absolute atomic E-state index is 0.194. The van der Waals surface area contributed by atoms with Crippen molar-refractivity contribution in [1.82, 2.24) is 5.32 Å². The Bertz CT molecular complexity index is 626. The molecule has 1 atom stereocenters. The van der Waals surface area contributed by atoms with Gasteiger partial charge < -0.3 is 10.4 Å². The molecule has 4 nitrogen and oxygen atoms in total. The number of hydrogen-bond donors (Lipinski definition) is 2. The van der Waals surface area contributed by atoms with Gasteiger partial charge in [0.15, 0.2) is 6.04 Å². The average molecular weight is 321 g/mol. The van der Waals surface area contributed by atoms with Crippen molar-refractivity contribution in [3.05, 3.63) is 52.2 Å². The number of thioether (sulfide) groups is 1. The number of nitrogens with one attached hydrogen (secondary N) is 1. The van der Waals surface area contributed by atoms with Gasteiger partial charge in [0.2, 0.25) is 5.91 Å². The molecule has 1 aromatic carbocycles. The second-order valence-electron chi connectivity index (χ2n) is 4.41.